The molecular weight excluding hydrogens is 368 g/mol. The zero-order chi connectivity index (χ0) is 21.2. The molecule has 2 aromatic carbocycles. The van der Waals surface area contributed by atoms with Gasteiger partial charge in [0.1, 0.15) is 0 Å². The van der Waals surface area contributed by atoms with E-state index in [-0.39, 0.29) is 17.5 Å². The first-order valence-corrected chi connectivity index (χ1v) is 8.41. The third kappa shape index (κ3) is 3.32. The van der Waals surface area contributed by atoms with E-state index in [2.05, 4.69) is 0 Å². The van der Waals surface area contributed by atoms with E-state index in [0.717, 1.165) is 0 Å². The second kappa shape index (κ2) is 7.91. The van der Waals surface area contributed by atoms with Gasteiger partial charge >= 0.3 is 23.9 Å². The Morgan fingerprint density at radius 2 is 1.14 bits per heavy atom. The van der Waals surface area contributed by atoms with Crippen LogP contribution >= 0.6 is 0 Å². The third-order valence-electron chi connectivity index (χ3n) is 4.48. The van der Waals surface area contributed by atoms with E-state index in [1.807, 2.05) is 6.92 Å². The lowest BCUT2D eigenvalue weighted by Gasteiger charge is -2.21. The molecule has 0 aliphatic heterocycles. The molecule has 0 heterocycles. The van der Waals surface area contributed by atoms with Crippen LogP contribution in [0.15, 0.2) is 24.3 Å². The number of aryl methyl sites for hydroxylation is 1. The van der Waals surface area contributed by atoms with Crippen molar-refractivity contribution in [3.05, 3.63) is 57.6 Å². The lowest BCUT2D eigenvalue weighted by molar-refractivity contribution is 0.0619. The minimum atomic E-state index is -1.82. The lowest BCUT2D eigenvalue weighted by Crippen LogP contribution is -2.23. The van der Waals surface area contributed by atoms with Gasteiger partial charge < -0.3 is 20.4 Å². The van der Waals surface area contributed by atoms with Crippen LogP contribution in [0.4, 0.5) is 0 Å². The highest BCUT2D eigenvalue weighted by molar-refractivity contribution is 6.18. The predicted octanol–water partition coefficient (Wildman–Crippen LogP) is 3.27. The Labute approximate surface area is 159 Å². The van der Waals surface area contributed by atoms with E-state index < -0.39 is 46.1 Å². The van der Waals surface area contributed by atoms with Crippen LogP contribution in [-0.4, -0.2) is 44.3 Å². The molecule has 0 aliphatic rings. The summed E-state index contributed by atoms with van der Waals surface area (Å²) in [6, 6.07) is 6.62. The molecule has 0 aromatic heterocycles. The van der Waals surface area contributed by atoms with Gasteiger partial charge in [-0.1, -0.05) is 38.1 Å². The van der Waals surface area contributed by atoms with Crippen molar-refractivity contribution in [1.82, 2.24) is 0 Å². The number of rotatable bonds is 7. The molecule has 0 saturated carbocycles. The molecule has 0 bridgehead atoms. The second-order valence-corrected chi connectivity index (χ2v) is 5.94. The molecule has 8 nitrogen and oxygen atoms in total. The molecule has 8 heteroatoms. The summed E-state index contributed by atoms with van der Waals surface area (Å²) < 4.78 is 0. The Balaban J connectivity index is 3.28. The molecule has 2 aromatic rings. The molecule has 0 aliphatic carbocycles. The fraction of sp³-hybridized carbons (Fsp3) is 0.200. The molecule has 28 heavy (non-hydrogen) atoms. The highest BCUT2D eigenvalue weighted by Crippen LogP contribution is 2.38. The molecule has 2 rings (SSSR count). The zero-order valence-corrected chi connectivity index (χ0v) is 15.1. The largest absolute Gasteiger partial charge is 0.478 e. The molecular formula is C20H18O8. The van der Waals surface area contributed by atoms with Crippen molar-refractivity contribution in [1.29, 1.82) is 0 Å². The highest BCUT2D eigenvalue weighted by atomic mass is 16.4. The van der Waals surface area contributed by atoms with E-state index in [4.69, 9.17) is 0 Å². The molecule has 0 fully saturated rings. The standard InChI is InChI=1S/C20H18O8/c1-3-9-7-5-6-8-11(9)12-10(4-2)13(17(21)22)15(19(25)26)16(20(27)28)14(12)18(23)24/h5-8H,3-4H2,1-2H3,(H,21,22)(H,23,24)(H,25,26)(H,27,28). The third-order valence-corrected chi connectivity index (χ3v) is 4.48. The highest BCUT2D eigenvalue weighted by Gasteiger charge is 2.36. The molecule has 0 amide bonds. The van der Waals surface area contributed by atoms with Crippen molar-refractivity contribution in [2.75, 3.05) is 0 Å². The van der Waals surface area contributed by atoms with Crippen LogP contribution < -0.4 is 0 Å². The van der Waals surface area contributed by atoms with Gasteiger partial charge in [0, 0.05) is 5.56 Å². The van der Waals surface area contributed by atoms with E-state index in [1.165, 1.54) is 0 Å². The number of carboxylic acids is 4. The van der Waals surface area contributed by atoms with Crippen molar-refractivity contribution >= 4 is 23.9 Å². The van der Waals surface area contributed by atoms with Gasteiger partial charge in [-0.3, -0.25) is 0 Å². The quantitative estimate of drug-likeness (QED) is 0.566. The monoisotopic (exact) mass is 386 g/mol. The van der Waals surface area contributed by atoms with Crippen LogP contribution in [0.2, 0.25) is 0 Å². The normalized spacial score (nSPS) is 10.5. The molecule has 0 spiro atoms. The maximum atomic E-state index is 12.0. The summed E-state index contributed by atoms with van der Waals surface area (Å²) in [5.41, 5.74) is -2.59. The minimum absolute atomic E-state index is 0.00449. The summed E-state index contributed by atoms with van der Waals surface area (Å²) in [6.07, 6.45) is 0.472. The van der Waals surface area contributed by atoms with Crippen molar-refractivity contribution in [3.63, 3.8) is 0 Å². The Hall–Kier alpha value is -3.68. The summed E-state index contributed by atoms with van der Waals surface area (Å²) in [5.74, 6) is -6.92. The second-order valence-electron chi connectivity index (χ2n) is 5.94. The van der Waals surface area contributed by atoms with E-state index >= 15 is 0 Å². The van der Waals surface area contributed by atoms with Crippen molar-refractivity contribution in [3.8, 4) is 11.1 Å². The predicted molar refractivity (Wildman–Crippen MR) is 98.5 cm³/mol. The molecule has 0 radical (unpaired) electrons. The van der Waals surface area contributed by atoms with Crippen molar-refractivity contribution in [2.45, 2.75) is 26.7 Å². The van der Waals surface area contributed by atoms with Crippen LogP contribution in [0.25, 0.3) is 11.1 Å². The smallest absolute Gasteiger partial charge is 0.337 e. The van der Waals surface area contributed by atoms with Gasteiger partial charge in [-0.2, -0.15) is 0 Å². The maximum absolute atomic E-state index is 12.0. The first kappa shape index (κ1) is 20.6. The van der Waals surface area contributed by atoms with Gasteiger partial charge in [-0.25, -0.2) is 19.2 Å². The molecule has 146 valence electrons. The van der Waals surface area contributed by atoms with Crippen molar-refractivity contribution in [2.24, 2.45) is 0 Å². The molecule has 4 N–H and O–H groups in total. The summed E-state index contributed by atoms with van der Waals surface area (Å²) >= 11 is 0. The van der Waals surface area contributed by atoms with E-state index in [9.17, 15) is 39.6 Å². The minimum Gasteiger partial charge on any atom is -0.478 e. The Bertz CT molecular complexity index is 1000. The summed E-state index contributed by atoms with van der Waals surface area (Å²) in [4.78, 5) is 47.5. The Morgan fingerprint density at radius 1 is 0.679 bits per heavy atom. The SMILES string of the molecule is CCc1ccccc1-c1c(CC)c(C(=O)O)c(C(=O)O)c(C(=O)O)c1C(=O)O. The van der Waals surface area contributed by atoms with Gasteiger partial charge in [0.05, 0.1) is 22.3 Å². The fourth-order valence-electron chi connectivity index (χ4n) is 3.40. The topological polar surface area (TPSA) is 149 Å². The van der Waals surface area contributed by atoms with Crippen molar-refractivity contribution < 1.29 is 39.6 Å². The van der Waals surface area contributed by atoms with Crippen LogP contribution in [0.1, 0.15) is 66.4 Å². The Morgan fingerprint density at radius 3 is 1.57 bits per heavy atom. The van der Waals surface area contributed by atoms with Crippen LogP contribution in [0.3, 0.4) is 0 Å². The van der Waals surface area contributed by atoms with Gasteiger partial charge in [-0.05, 0) is 29.5 Å². The first-order chi connectivity index (χ1) is 13.2. The van der Waals surface area contributed by atoms with Gasteiger partial charge in [0.15, 0.2) is 0 Å². The summed E-state index contributed by atoms with van der Waals surface area (Å²) in [6.45, 7) is 3.37. The summed E-state index contributed by atoms with van der Waals surface area (Å²) in [7, 11) is 0. The van der Waals surface area contributed by atoms with Gasteiger partial charge in [0.25, 0.3) is 0 Å². The first-order valence-electron chi connectivity index (χ1n) is 8.41. The van der Waals surface area contributed by atoms with Gasteiger partial charge in [0.2, 0.25) is 0 Å². The fourth-order valence-corrected chi connectivity index (χ4v) is 3.40. The van der Waals surface area contributed by atoms with E-state index in [0.29, 0.717) is 17.5 Å². The van der Waals surface area contributed by atoms with Gasteiger partial charge in [-0.15, -0.1) is 0 Å². The number of carbonyl (C=O) groups is 4. The zero-order valence-electron chi connectivity index (χ0n) is 15.1. The van der Waals surface area contributed by atoms with E-state index in [1.54, 1.807) is 31.2 Å². The summed E-state index contributed by atoms with van der Waals surface area (Å²) in [5, 5.41) is 38.5. The molecule has 0 atom stereocenters. The average molecular weight is 386 g/mol. The lowest BCUT2D eigenvalue weighted by atomic mass is 9.81. The number of aromatic carboxylic acids is 4. The molecule has 0 saturated heterocycles. The number of hydrogen-bond donors (Lipinski definition) is 4. The Kier molecular flexibility index (Phi) is 5.83. The van der Waals surface area contributed by atoms with Crippen LogP contribution in [0, 0.1) is 0 Å². The average Bonchev–Trinajstić information content (AvgIpc) is 2.64. The van der Waals surface area contributed by atoms with Crippen LogP contribution in [0.5, 0.6) is 0 Å². The number of benzene rings is 2. The number of hydrogen-bond acceptors (Lipinski definition) is 4. The maximum Gasteiger partial charge on any atom is 0.337 e. The number of carboxylic acid groups (broad SMARTS) is 4. The molecule has 0 unspecified atom stereocenters. The van der Waals surface area contributed by atoms with Crippen LogP contribution in [-0.2, 0) is 12.8 Å².